The average molecular weight is 266 g/mol. The summed E-state index contributed by atoms with van der Waals surface area (Å²) in [6, 6.07) is 6.25. The van der Waals surface area contributed by atoms with E-state index < -0.39 is 0 Å². The Hall–Kier alpha value is -0.581. The molecule has 0 N–H and O–H groups in total. The summed E-state index contributed by atoms with van der Waals surface area (Å²) in [7, 11) is 1.87. The van der Waals surface area contributed by atoms with E-state index in [9.17, 15) is 0 Å². The normalized spacial score (nSPS) is 10.8. The molecule has 1 aromatic heterocycles. The van der Waals surface area contributed by atoms with Crippen molar-refractivity contribution in [2.24, 2.45) is 7.05 Å². The summed E-state index contributed by atoms with van der Waals surface area (Å²) in [6.07, 6.45) is 0. The predicted octanol–water partition coefficient (Wildman–Crippen LogP) is 0.346. The van der Waals surface area contributed by atoms with Crippen LogP contribution < -0.4 is 3.58 Å². The van der Waals surface area contributed by atoms with E-state index in [1.807, 2.05) is 13.1 Å². The molecule has 0 aliphatic rings. The molecule has 0 saturated heterocycles. The van der Waals surface area contributed by atoms with Gasteiger partial charge in [-0.1, -0.05) is 0 Å². The van der Waals surface area contributed by atoms with Crippen molar-refractivity contribution in [3.63, 3.8) is 0 Å². The summed E-state index contributed by atoms with van der Waals surface area (Å²) in [5.41, 5.74) is 2.13. The first-order valence-corrected chi connectivity index (χ1v) is 8.07. The molecule has 0 spiro atoms. The molecule has 0 unspecified atom stereocenters. The predicted molar refractivity (Wildman–Crippen MR) is 49.8 cm³/mol. The first kappa shape index (κ1) is 8.04. The van der Waals surface area contributed by atoms with Gasteiger partial charge >= 0.3 is 80.9 Å². The summed E-state index contributed by atoms with van der Waals surface area (Å²) in [6.45, 7) is 0. The van der Waals surface area contributed by atoms with Gasteiger partial charge in [-0.05, 0) is 0 Å². The first-order valence-electron chi connectivity index (χ1n) is 3.79. The van der Waals surface area contributed by atoms with Crippen molar-refractivity contribution in [3.05, 3.63) is 18.2 Å². The molecule has 0 amide bonds. The number of hydrogen-bond donors (Lipinski definition) is 0. The molecule has 4 heteroatoms. The number of hydrogen-bond acceptors (Lipinski definition) is 2. The maximum absolute atomic E-state index is 4.33. The molecule has 3 nitrogen and oxygen atoms in total. The van der Waals surface area contributed by atoms with Gasteiger partial charge in [0, 0.05) is 0 Å². The molecule has 1 heterocycles. The minimum absolute atomic E-state index is 0.389. The van der Waals surface area contributed by atoms with Crippen LogP contribution in [0.5, 0.6) is 0 Å². The second-order valence-electron chi connectivity index (χ2n) is 2.61. The summed E-state index contributed by atoms with van der Waals surface area (Å²) in [5, 5.41) is 8.59. The van der Waals surface area contributed by atoms with Crippen LogP contribution in [0.25, 0.3) is 11.0 Å². The number of fused-ring (bicyclic) bond motifs is 1. The van der Waals surface area contributed by atoms with Gasteiger partial charge in [-0.25, -0.2) is 0 Å². The van der Waals surface area contributed by atoms with E-state index >= 15 is 0 Å². The molecule has 2 aromatic rings. The number of aryl methyl sites for hydroxylation is 1. The zero-order valence-corrected chi connectivity index (χ0v) is 9.93. The number of aromatic nitrogens is 3. The molecule has 0 aliphatic heterocycles. The second-order valence-corrected chi connectivity index (χ2v) is 5.58. The molecule has 2 rings (SSSR count). The van der Waals surface area contributed by atoms with E-state index in [2.05, 4.69) is 27.3 Å². The van der Waals surface area contributed by atoms with E-state index in [-0.39, 0.29) is 21.1 Å². The van der Waals surface area contributed by atoms with Gasteiger partial charge in [0.25, 0.3) is 0 Å². The Bertz CT molecular complexity index is 408. The fourth-order valence-electron chi connectivity index (χ4n) is 1.24. The zero-order valence-electron chi connectivity index (χ0n) is 7.07. The van der Waals surface area contributed by atoms with Crippen molar-refractivity contribution in [1.82, 2.24) is 15.0 Å². The summed E-state index contributed by atoms with van der Waals surface area (Å²) in [5.74, 6) is 0. The van der Waals surface area contributed by atoms with Crippen LogP contribution in [0.3, 0.4) is 0 Å². The van der Waals surface area contributed by atoms with Gasteiger partial charge in [0.15, 0.2) is 0 Å². The van der Waals surface area contributed by atoms with Crippen molar-refractivity contribution in [2.45, 2.75) is 4.94 Å². The molecule has 0 fully saturated rings. The van der Waals surface area contributed by atoms with Crippen LogP contribution in [-0.2, 0) is 7.05 Å². The van der Waals surface area contributed by atoms with E-state index in [4.69, 9.17) is 0 Å². The monoisotopic (exact) mass is 267 g/mol. The quantitative estimate of drug-likeness (QED) is 0.697. The topological polar surface area (TPSA) is 30.7 Å². The van der Waals surface area contributed by atoms with Gasteiger partial charge in [0.2, 0.25) is 0 Å². The van der Waals surface area contributed by atoms with Crippen LogP contribution in [0, 0.1) is 0 Å². The van der Waals surface area contributed by atoms with Crippen molar-refractivity contribution < 1.29 is 0 Å². The van der Waals surface area contributed by atoms with Gasteiger partial charge in [0.05, 0.1) is 0 Å². The van der Waals surface area contributed by atoms with Crippen LogP contribution in [0.4, 0.5) is 0 Å². The van der Waals surface area contributed by atoms with Crippen LogP contribution in [0.15, 0.2) is 18.2 Å². The maximum atomic E-state index is 4.33. The van der Waals surface area contributed by atoms with Gasteiger partial charge in [0.1, 0.15) is 0 Å². The second kappa shape index (κ2) is 3.05. The Balaban J connectivity index is 2.78. The average Bonchev–Trinajstić information content (AvgIpc) is 2.44. The number of benzene rings is 1. The fourth-order valence-corrected chi connectivity index (χ4v) is 3.18. The van der Waals surface area contributed by atoms with E-state index in [1.54, 1.807) is 4.80 Å². The molecular formula is C8H9N3Sn. The summed E-state index contributed by atoms with van der Waals surface area (Å²) < 4.78 is 1.43. The molecule has 0 saturated carbocycles. The Morgan fingerprint density at radius 3 is 2.92 bits per heavy atom. The van der Waals surface area contributed by atoms with Crippen LogP contribution >= 0.6 is 0 Å². The van der Waals surface area contributed by atoms with Crippen molar-refractivity contribution in [2.75, 3.05) is 0 Å². The Morgan fingerprint density at radius 1 is 1.33 bits per heavy atom. The molecule has 0 aliphatic carbocycles. The van der Waals surface area contributed by atoms with Crippen LogP contribution in [-0.4, -0.2) is 36.1 Å². The molecule has 1 aromatic carbocycles. The van der Waals surface area contributed by atoms with E-state index in [0.29, 0.717) is 0 Å². The van der Waals surface area contributed by atoms with Crippen LogP contribution in [0.1, 0.15) is 0 Å². The first-order chi connectivity index (χ1) is 5.81. The molecule has 0 bridgehead atoms. The van der Waals surface area contributed by atoms with Crippen molar-refractivity contribution in [3.8, 4) is 0 Å². The Morgan fingerprint density at radius 2 is 2.17 bits per heavy atom. The molecule has 12 heavy (non-hydrogen) atoms. The van der Waals surface area contributed by atoms with Crippen molar-refractivity contribution in [1.29, 1.82) is 0 Å². The van der Waals surface area contributed by atoms with Crippen LogP contribution in [0.2, 0.25) is 4.94 Å². The molecule has 2 radical (unpaired) electrons. The van der Waals surface area contributed by atoms with Gasteiger partial charge in [-0.3, -0.25) is 0 Å². The van der Waals surface area contributed by atoms with Gasteiger partial charge in [-0.15, -0.1) is 0 Å². The van der Waals surface area contributed by atoms with Gasteiger partial charge < -0.3 is 0 Å². The van der Waals surface area contributed by atoms with E-state index in [1.165, 1.54) is 3.58 Å². The summed E-state index contributed by atoms with van der Waals surface area (Å²) in [4.78, 5) is 3.94. The van der Waals surface area contributed by atoms with Gasteiger partial charge in [-0.2, -0.15) is 0 Å². The number of nitrogens with zero attached hydrogens (tertiary/aromatic N) is 3. The molecular weight excluding hydrogens is 257 g/mol. The third-order valence-corrected chi connectivity index (χ3v) is 4.47. The number of rotatable bonds is 1. The Kier molecular flexibility index (Phi) is 2.04. The standard InChI is InChI=1S/C7H6N3.CH3.Sn/c1-10-8-6-4-2-3-5-7(6)9-10;;/h2-4H,1H3;1H3;. The van der Waals surface area contributed by atoms with E-state index in [0.717, 1.165) is 11.0 Å². The third kappa shape index (κ3) is 1.22. The molecule has 0 atom stereocenters. The zero-order chi connectivity index (χ0) is 8.55. The SMILES string of the molecule is [CH3][Sn][c]1cccc2nn(C)nc12. The summed E-state index contributed by atoms with van der Waals surface area (Å²) >= 11 is -0.389. The Labute approximate surface area is 81.0 Å². The molecule has 60 valence electrons. The third-order valence-electron chi connectivity index (χ3n) is 1.78. The minimum atomic E-state index is -0.389. The fraction of sp³-hybridized carbons (Fsp3) is 0.250. The van der Waals surface area contributed by atoms with Crippen molar-refractivity contribution >= 4 is 35.8 Å².